The molecule has 0 bridgehead atoms. The van der Waals surface area contributed by atoms with E-state index >= 15 is 0 Å². The van der Waals surface area contributed by atoms with Crippen LogP contribution in [-0.4, -0.2) is 29.7 Å². The Morgan fingerprint density at radius 3 is 2.17 bits per heavy atom. The van der Waals surface area contributed by atoms with Gasteiger partial charge < -0.3 is 0 Å². The zero-order chi connectivity index (χ0) is 25.1. The van der Waals surface area contributed by atoms with Gasteiger partial charge in [-0.3, -0.25) is 19.4 Å². The monoisotopic (exact) mass is 538 g/mol. The van der Waals surface area contributed by atoms with Crippen LogP contribution < -0.4 is 4.90 Å². The number of carbonyl (C=O) groups is 2. The van der Waals surface area contributed by atoms with Crippen LogP contribution in [0.1, 0.15) is 46.4 Å². The number of fused-ring (bicyclic) bond motifs is 1. The molecule has 1 aliphatic rings. The highest BCUT2D eigenvalue weighted by molar-refractivity contribution is 9.10. The maximum atomic E-state index is 13.8. The van der Waals surface area contributed by atoms with Crippen LogP contribution in [0.2, 0.25) is 0 Å². The van der Waals surface area contributed by atoms with Crippen molar-refractivity contribution >= 4 is 39.0 Å². The summed E-state index contributed by atoms with van der Waals surface area (Å²) in [6.07, 6.45) is 0.941. The molecule has 5 rings (SSSR count). The van der Waals surface area contributed by atoms with Gasteiger partial charge in [0.15, 0.2) is 5.78 Å². The van der Waals surface area contributed by atoms with E-state index in [2.05, 4.69) is 46.0 Å². The normalized spacial score (nSPS) is 15.9. The topological polar surface area (TPSA) is 40.6 Å². The van der Waals surface area contributed by atoms with Crippen molar-refractivity contribution in [1.82, 2.24) is 4.90 Å². The van der Waals surface area contributed by atoms with E-state index < -0.39 is 0 Å². The molecular weight excluding hydrogens is 512 g/mol. The predicted octanol–water partition coefficient (Wildman–Crippen LogP) is 7.16. The van der Waals surface area contributed by atoms with E-state index in [1.54, 1.807) is 17.0 Å². The zero-order valence-electron chi connectivity index (χ0n) is 20.1. The van der Waals surface area contributed by atoms with Crippen molar-refractivity contribution in [2.24, 2.45) is 0 Å². The van der Waals surface area contributed by atoms with Crippen molar-refractivity contribution in [3.63, 3.8) is 0 Å². The molecule has 1 heterocycles. The lowest BCUT2D eigenvalue weighted by molar-refractivity contribution is -0.119. The number of ketones is 1. The van der Waals surface area contributed by atoms with E-state index in [9.17, 15) is 9.59 Å². The maximum Gasteiger partial charge on any atom is 0.245 e. The van der Waals surface area contributed by atoms with E-state index in [4.69, 9.17) is 0 Å². The minimum atomic E-state index is -0.0495. The van der Waals surface area contributed by atoms with Gasteiger partial charge in [0, 0.05) is 21.3 Å². The van der Waals surface area contributed by atoms with Crippen molar-refractivity contribution in [3.8, 4) is 0 Å². The number of anilines is 2. The number of benzene rings is 4. The molecule has 5 heteroatoms. The zero-order valence-corrected chi connectivity index (χ0v) is 21.7. The van der Waals surface area contributed by atoms with Crippen LogP contribution in [0.25, 0.3) is 0 Å². The molecule has 4 aromatic carbocycles. The van der Waals surface area contributed by atoms with Crippen LogP contribution >= 0.6 is 15.9 Å². The lowest BCUT2D eigenvalue weighted by atomic mass is 9.95. The van der Waals surface area contributed by atoms with Crippen molar-refractivity contribution in [3.05, 3.63) is 130 Å². The Balaban J connectivity index is 1.59. The second-order valence-electron chi connectivity index (χ2n) is 8.96. The fourth-order valence-corrected chi connectivity index (χ4v) is 5.32. The number of carbonyl (C=O) groups excluding carboxylic acids is 2. The van der Waals surface area contributed by atoms with E-state index in [1.165, 1.54) is 0 Å². The lowest BCUT2D eigenvalue weighted by Crippen LogP contribution is -2.37. The summed E-state index contributed by atoms with van der Waals surface area (Å²) in [6, 6.07) is 33.0. The Morgan fingerprint density at radius 1 is 0.861 bits per heavy atom. The maximum absolute atomic E-state index is 13.8. The molecule has 0 aromatic heterocycles. The van der Waals surface area contributed by atoms with Crippen LogP contribution in [0.5, 0.6) is 0 Å². The largest absolute Gasteiger partial charge is 0.289 e. The number of hydrogen-bond donors (Lipinski definition) is 0. The summed E-state index contributed by atoms with van der Waals surface area (Å²) in [6.45, 7) is 3.24. The summed E-state index contributed by atoms with van der Waals surface area (Å²) < 4.78 is 0.969. The summed E-state index contributed by atoms with van der Waals surface area (Å²) >= 11 is 3.65. The summed E-state index contributed by atoms with van der Waals surface area (Å²) in [5.74, 6) is -0.0282. The Hall–Kier alpha value is -3.54. The Labute approximate surface area is 220 Å². The molecule has 0 aliphatic carbocycles. The fourth-order valence-electron chi connectivity index (χ4n) is 4.94. The van der Waals surface area contributed by atoms with E-state index in [-0.39, 0.29) is 17.7 Å². The molecule has 1 unspecified atom stereocenters. The van der Waals surface area contributed by atoms with Crippen LogP contribution in [0.3, 0.4) is 0 Å². The smallest absolute Gasteiger partial charge is 0.245 e. The molecular formula is C31H27BrN2O2. The summed E-state index contributed by atoms with van der Waals surface area (Å²) in [5, 5.41) is 0. The highest BCUT2D eigenvalue weighted by Gasteiger charge is 2.34. The van der Waals surface area contributed by atoms with Gasteiger partial charge in [-0.1, -0.05) is 83.5 Å². The standard InChI is InChI=1S/C31H27BrN2O2/c1-2-19-33-21-29(35)34(26-16-13-24(14-17-26)31(36)23-11-7-4-8-12-23)28-18-15-25(32)20-27(28)30(33)22-9-5-3-6-10-22/h3-18,20,30H,2,19,21H2,1H3. The van der Waals surface area contributed by atoms with Gasteiger partial charge in [0.25, 0.3) is 0 Å². The average molecular weight is 539 g/mol. The molecule has 0 N–H and O–H groups in total. The first-order chi connectivity index (χ1) is 17.6. The highest BCUT2D eigenvalue weighted by Crippen LogP contribution is 2.42. The van der Waals surface area contributed by atoms with Gasteiger partial charge in [0.1, 0.15) is 0 Å². The summed E-state index contributed by atoms with van der Waals surface area (Å²) in [7, 11) is 0. The van der Waals surface area contributed by atoms with Crippen molar-refractivity contribution in [2.45, 2.75) is 19.4 Å². The molecule has 0 saturated carbocycles. The molecule has 1 atom stereocenters. The van der Waals surface area contributed by atoms with Crippen molar-refractivity contribution in [2.75, 3.05) is 18.0 Å². The van der Waals surface area contributed by atoms with Gasteiger partial charge in [-0.25, -0.2) is 0 Å². The quantitative estimate of drug-likeness (QED) is 0.244. The highest BCUT2D eigenvalue weighted by atomic mass is 79.9. The minimum Gasteiger partial charge on any atom is -0.289 e. The lowest BCUT2D eigenvalue weighted by Gasteiger charge is -2.30. The first kappa shape index (κ1) is 24.2. The summed E-state index contributed by atoms with van der Waals surface area (Å²) in [4.78, 5) is 30.7. The number of nitrogens with zero attached hydrogens (tertiary/aromatic N) is 2. The van der Waals surface area contributed by atoms with Gasteiger partial charge in [-0.2, -0.15) is 0 Å². The van der Waals surface area contributed by atoms with Gasteiger partial charge >= 0.3 is 0 Å². The third-order valence-corrected chi connectivity index (χ3v) is 7.02. The molecule has 4 aromatic rings. The van der Waals surface area contributed by atoms with Gasteiger partial charge in [-0.15, -0.1) is 0 Å². The van der Waals surface area contributed by atoms with Crippen LogP contribution in [0, 0.1) is 0 Å². The summed E-state index contributed by atoms with van der Waals surface area (Å²) in [5.41, 5.74) is 5.07. The fraction of sp³-hybridized carbons (Fsp3) is 0.161. The second kappa shape index (κ2) is 10.6. The average Bonchev–Trinajstić information content (AvgIpc) is 3.02. The predicted molar refractivity (Wildman–Crippen MR) is 148 cm³/mol. The first-order valence-electron chi connectivity index (χ1n) is 12.2. The molecule has 1 aliphatic heterocycles. The number of hydrogen-bond acceptors (Lipinski definition) is 3. The first-order valence-corrected chi connectivity index (χ1v) is 13.0. The van der Waals surface area contributed by atoms with E-state index in [1.807, 2.05) is 72.8 Å². The van der Waals surface area contributed by atoms with Crippen LogP contribution in [0.15, 0.2) is 108 Å². The molecule has 180 valence electrons. The molecule has 1 amide bonds. The molecule has 36 heavy (non-hydrogen) atoms. The van der Waals surface area contributed by atoms with Gasteiger partial charge in [-0.05, 0) is 66.6 Å². The van der Waals surface area contributed by atoms with Crippen molar-refractivity contribution < 1.29 is 9.59 Å². The molecule has 0 fully saturated rings. The Bertz CT molecular complexity index is 1370. The van der Waals surface area contributed by atoms with Crippen molar-refractivity contribution in [1.29, 1.82) is 0 Å². The molecule has 0 radical (unpaired) electrons. The second-order valence-corrected chi connectivity index (χ2v) is 9.87. The Morgan fingerprint density at radius 2 is 1.50 bits per heavy atom. The SMILES string of the molecule is CCCN1CC(=O)N(c2ccc(C(=O)c3ccccc3)cc2)c2ccc(Br)cc2C1c1ccccc1. The van der Waals surface area contributed by atoms with Crippen LogP contribution in [-0.2, 0) is 4.79 Å². The number of rotatable bonds is 6. The third kappa shape index (κ3) is 4.77. The number of amides is 1. The molecule has 0 spiro atoms. The van der Waals surface area contributed by atoms with E-state index in [0.717, 1.165) is 39.9 Å². The molecule has 0 saturated heterocycles. The van der Waals surface area contributed by atoms with Gasteiger partial charge in [0.2, 0.25) is 5.91 Å². The van der Waals surface area contributed by atoms with Gasteiger partial charge in [0.05, 0.1) is 18.3 Å². The van der Waals surface area contributed by atoms with E-state index in [0.29, 0.717) is 17.7 Å². The molecule has 4 nitrogen and oxygen atoms in total. The Kier molecular flexibility index (Phi) is 7.12. The minimum absolute atomic E-state index is 0.00703. The van der Waals surface area contributed by atoms with Crippen LogP contribution in [0.4, 0.5) is 11.4 Å². The number of halogens is 1. The third-order valence-electron chi connectivity index (χ3n) is 6.53.